The summed E-state index contributed by atoms with van der Waals surface area (Å²) < 4.78 is 2.29. The number of rotatable bonds is 3. The first-order valence-corrected chi connectivity index (χ1v) is 5.64. The number of hydrogen-bond acceptors (Lipinski definition) is 3. The fraction of sp³-hybridized carbons (Fsp3) is 0.462. The molecule has 0 amide bonds. The fourth-order valence-corrected chi connectivity index (χ4v) is 1.49. The Kier molecular flexibility index (Phi) is 8.06. The third-order valence-electron chi connectivity index (χ3n) is 2.08. The van der Waals surface area contributed by atoms with E-state index in [1.807, 2.05) is 0 Å². The molecule has 17 heavy (non-hydrogen) atoms. The first kappa shape index (κ1) is 14.9. The first-order valence-electron chi connectivity index (χ1n) is 5.64. The molecular formula is C13H19N4+. The molecule has 1 N–H and O–H groups in total. The van der Waals surface area contributed by atoms with Gasteiger partial charge in [-0.1, -0.05) is 13.3 Å². The Morgan fingerprint density at radius 2 is 1.71 bits per heavy atom. The molecule has 0 unspecified atom stereocenters. The number of nitrogens with one attached hydrogen (secondary N) is 1. The van der Waals surface area contributed by atoms with Gasteiger partial charge in [-0.15, -0.1) is 0 Å². The average molecular weight is 231 g/mol. The zero-order chi connectivity index (χ0) is 13.1. The van der Waals surface area contributed by atoms with Gasteiger partial charge in [0.2, 0.25) is 0 Å². The van der Waals surface area contributed by atoms with Crippen LogP contribution in [0.3, 0.4) is 0 Å². The lowest BCUT2D eigenvalue weighted by atomic mass is 10.2. The van der Waals surface area contributed by atoms with E-state index in [4.69, 9.17) is 10.5 Å². The van der Waals surface area contributed by atoms with Crippen molar-refractivity contribution < 1.29 is 4.57 Å². The third kappa shape index (κ3) is 7.81. The lowest BCUT2D eigenvalue weighted by Crippen LogP contribution is -2.33. The topological polar surface area (TPSA) is 63.5 Å². The van der Waals surface area contributed by atoms with Crippen molar-refractivity contribution in [1.29, 1.82) is 10.5 Å². The summed E-state index contributed by atoms with van der Waals surface area (Å²) in [6, 6.07) is 2.21. The molecule has 0 atom stereocenters. The van der Waals surface area contributed by atoms with Gasteiger partial charge in [0.25, 0.3) is 0 Å². The van der Waals surface area contributed by atoms with Crippen LogP contribution < -0.4 is 9.88 Å². The molecule has 1 rings (SSSR count). The number of nitrogens with zero attached hydrogens (tertiary/aromatic N) is 3. The first-order chi connectivity index (χ1) is 8.13. The monoisotopic (exact) mass is 231 g/mol. The molecule has 0 aromatic carbocycles. The van der Waals surface area contributed by atoms with E-state index in [-0.39, 0.29) is 0 Å². The summed E-state index contributed by atoms with van der Waals surface area (Å²) in [4.78, 5) is 0. The van der Waals surface area contributed by atoms with E-state index in [9.17, 15) is 0 Å². The molecule has 1 heterocycles. The van der Waals surface area contributed by atoms with Crippen LogP contribution in [-0.4, -0.2) is 0 Å². The number of hydrogen-bond donors (Lipinski definition) is 1. The highest BCUT2D eigenvalue weighted by atomic mass is 14.9. The molecule has 4 heteroatoms. The van der Waals surface area contributed by atoms with Crippen LogP contribution in [0.25, 0.3) is 0 Å². The lowest BCUT2D eigenvalue weighted by Gasteiger charge is -1.98. The SMILES string of the molecule is CCCC[n+]1cc(C)cc(C)c1.N#CNC#N. The Hall–Kier alpha value is -2.07. The maximum atomic E-state index is 7.48. The number of nitriles is 2. The largest absolute Gasteiger partial charge is 0.229 e. The molecule has 0 saturated carbocycles. The summed E-state index contributed by atoms with van der Waals surface area (Å²) >= 11 is 0. The molecule has 1 aromatic heterocycles. The van der Waals surface area contributed by atoms with Crippen molar-refractivity contribution in [2.45, 2.75) is 40.2 Å². The van der Waals surface area contributed by atoms with E-state index in [1.54, 1.807) is 5.32 Å². The summed E-state index contributed by atoms with van der Waals surface area (Å²) in [5.74, 6) is 0. The second-order valence-corrected chi connectivity index (χ2v) is 3.83. The van der Waals surface area contributed by atoms with Crippen molar-refractivity contribution in [2.24, 2.45) is 0 Å². The van der Waals surface area contributed by atoms with E-state index in [0.29, 0.717) is 0 Å². The predicted octanol–water partition coefficient (Wildman–Crippen LogP) is 1.93. The molecule has 0 spiro atoms. The summed E-state index contributed by atoms with van der Waals surface area (Å²) in [5.41, 5.74) is 2.71. The van der Waals surface area contributed by atoms with Crippen LogP contribution in [-0.2, 0) is 6.54 Å². The van der Waals surface area contributed by atoms with E-state index in [0.717, 1.165) is 6.54 Å². The number of pyridine rings is 1. The third-order valence-corrected chi connectivity index (χ3v) is 2.08. The van der Waals surface area contributed by atoms with Gasteiger partial charge in [-0.05, 0) is 19.9 Å². The normalized spacial score (nSPS) is 8.29. The minimum atomic E-state index is 1.15. The van der Waals surface area contributed by atoms with E-state index in [2.05, 4.69) is 43.8 Å². The maximum absolute atomic E-state index is 7.48. The minimum Gasteiger partial charge on any atom is -0.229 e. The molecule has 0 fully saturated rings. The van der Waals surface area contributed by atoms with Crippen molar-refractivity contribution in [2.75, 3.05) is 0 Å². The molecule has 0 radical (unpaired) electrons. The summed E-state index contributed by atoms with van der Waals surface area (Å²) in [7, 11) is 0. The van der Waals surface area contributed by atoms with Crippen LogP contribution in [0, 0.1) is 36.8 Å². The second kappa shape index (κ2) is 9.18. The summed E-state index contributed by atoms with van der Waals surface area (Å²) in [6.45, 7) is 7.67. The van der Waals surface area contributed by atoms with Gasteiger partial charge in [0.1, 0.15) is 6.54 Å². The summed E-state index contributed by atoms with van der Waals surface area (Å²) in [5, 5.41) is 16.7. The van der Waals surface area contributed by atoms with Crippen molar-refractivity contribution in [1.82, 2.24) is 5.32 Å². The van der Waals surface area contributed by atoms with Crippen molar-refractivity contribution in [3.05, 3.63) is 29.6 Å². The molecule has 90 valence electrons. The quantitative estimate of drug-likeness (QED) is 0.491. The Bertz CT molecular complexity index is 380. The highest BCUT2D eigenvalue weighted by molar-refractivity contribution is 5.11. The maximum Gasteiger partial charge on any atom is 0.190 e. The van der Waals surface area contributed by atoms with Gasteiger partial charge >= 0.3 is 0 Å². The molecule has 4 nitrogen and oxygen atoms in total. The van der Waals surface area contributed by atoms with Crippen LogP contribution >= 0.6 is 0 Å². The highest BCUT2D eigenvalue weighted by Crippen LogP contribution is 1.97. The molecule has 0 aliphatic carbocycles. The van der Waals surface area contributed by atoms with Gasteiger partial charge in [0.05, 0.1) is 0 Å². The van der Waals surface area contributed by atoms with Gasteiger partial charge < -0.3 is 0 Å². The zero-order valence-corrected chi connectivity index (χ0v) is 10.7. The van der Waals surface area contributed by atoms with Crippen molar-refractivity contribution in [3.8, 4) is 12.4 Å². The van der Waals surface area contributed by atoms with Crippen molar-refractivity contribution >= 4 is 0 Å². The Morgan fingerprint density at radius 1 is 1.18 bits per heavy atom. The second-order valence-electron chi connectivity index (χ2n) is 3.83. The standard InChI is InChI=1S/C11H18N.C2HN3/c1-4-5-6-12-8-10(2)7-11(3)9-12;3-1-5-2-4/h7-9H,4-6H2,1-3H3;5H/q+1;. The van der Waals surface area contributed by atoms with Gasteiger partial charge in [-0.25, -0.2) is 9.88 Å². The Balaban J connectivity index is 0.000000437. The van der Waals surface area contributed by atoms with E-state index < -0.39 is 0 Å². The Morgan fingerprint density at radius 3 is 2.06 bits per heavy atom. The van der Waals surface area contributed by atoms with Crippen LogP contribution in [0.15, 0.2) is 18.5 Å². The van der Waals surface area contributed by atoms with Crippen molar-refractivity contribution in [3.63, 3.8) is 0 Å². The van der Waals surface area contributed by atoms with Crippen LogP contribution in [0.5, 0.6) is 0 Å². The van der Waals surface area contributed by atoms with Gasteiger partial charge in [0.15, 0.2) is 24.8 Å². The minimum absolute atomic E-state index is 1.15. The fourth-order valence-electron chi connectivity index (χ4n) is 1.49. The molecule has 1 aromatic rings. The van der Waals surface area contributed by atoms with Gasteiger partial charge in [0, 0.05) is 17.5 Å². The molecule has 0 aliphatic heterocycles. The van der Waals surface area contributed by atoms with Crippen LogP contribution in [0.1, 0.15) is 30.9 Å². The summed E-state index contributed by atoms with van der Waals surface area (Å²) in [6.07, 6.45) is 9.77. The highest BCUT2D eigenvalue weighted by Gasteiger charge is 2.00. The number of aromatic nitrogens is 1. The zero-order valence-electron chi connectivity index (χ0n) is 10.7. The van der Waals surface area contributed by atoms with Crippen LogP contribution in [0.2, 0.25) is 0 Å². The molecule has 0 aliphatic rings. The van der Waals surface area contributed by atoms with Gasteiger partial charge in [-0.3, -0.25) is 0 Å². The number of unbranched alkanes of at least 4 members (excludes halogenated alkanes) is 1. The Labute approximate surface area is 103 Å². The van der Waals surface area contributed by atoms with E-state index in [1.165, 1.54) is 36.4 Å². The smallest absolute Gasteiger partial charge is 0.190 e. The molecular weight excluding hydrogens is 212 g/mol. The average Bonchev–Trinajstić information content (AvgIpc) is 2.27. The van der Waals surface area contributed by atoms with Crippen LogP contribution in [0.4, 0.5) is 0 Å². The number of aryl methyl sites for hydroxylation is 3. The molecule has 0 saturated heterocycles. The lowest BCUT2D eigenvalue weighted by molar-refractivity contribution is -0.698. The van der Waals surface area contributed by atoms with E-state index >= 15 is 0 Å². The molecule has 0 bridgehead atoms. The van der Waals surface area contributed by atoms with Gasteiger partial charge in [-0.2, -0.15) is 10.5 Å². The predicted molar refractivity (Wildman–Crippen MR) is 65.4 cm³/mol.